The van der Waals surface area contributed by atoms with Gasteiger partial charge in [-0.15, -0.1) is 0 Å². The summed E-state index contributed by atoms with van der Waals surface area (Å²) in [6, 6.07) is 14.2. The van der Waals surface area contributed by atoms with E-state index in [9.17, 15) is 4.79 Å². The molecule has 1 aliphatic rings. The van der Waals surface area contributed by atoms with Crippen LogP contribution >= 0.6 is 11.6 Å². The molecule has 4 N–H and O–H groups in total. The molecule has 8 nitrogen and oxygen atoms in total. The first-order valence-corrected chi connectivity index (χ1v) is 16.8. The number of aromatic nitrogens is 5. The second-order valence-corrected chi connectivity index (χ2v) is 13.5. The number of H-pyrrole nitrogens is 2. The SMILES string of the molecule is Cc1nc(NCC[C@@H]2CCC[C@@H](c3ccc(-n4cc5cc(-c6cc(CCCC(C)C)cc(Cl)c6F)[nH]c5nc4=O)cc3)N2)[nH]c1C. The fourth-order valence-electron chi connectivity index (χ4n) is 6.40. The molecule has 0 saturated carbocycles. The van der Waals surface area contributed by atoms with Crippen LogP contribution in [0, 0.1) is 25.6 Å². The second kappa shape index (κ2) is 13.8. The Balaban J connectivity index is 1.15. The number of anilines is 1. The molecule has 1 fully saturated rings. The van der Waals surface area contributed by atoms with Crippen LogP contribution in [0.4, 0.5) is 10.3 Å². The summed E-state index contributed by atoms with van der Waals surface area (Å²) in [5.74, 6) is 0.954. The Kier molecular flexibility index (Phi) is 9.61. The van der Waals surface area contributed by atoms with Gasteiger partial charge in [-0.1, -0.05) is 50.4 Å². The van der Waals surface area contributed by atoms with Gasteiger partial charge in [0.2, 0.25) is 5.95 Å². The minimum absolute atomic E-state index is 0.0952. The van der Waals surface area contributed by atoms with Gasteiger partial charge in [0.1, 0.15) is 5.65 Å². The second-order valence-electron chi connectivity index (χ2n) is 13.1. The summed E-state index contributed by atoms with van der Waals surface area (Å²) >= 11 is 6.30. The van der Waals surface area contributed by atoms with Crippen molar-refractivity contribution in [1.29, 1.82) is 0 Å². The van der Waals surface area contributed by atoms with Gasteiger partial charge in [-0.3, -0.25) is 4.57 Å². The van der Waals surface area contributed by atoms with E-state index in [0.29, 0.717) is 34.3 Å². The van der Waals surface area contributed by atoms with Gasteiger partial charge in [-0.25, -0.2) is 14.2 Å². The molecule has 0 aliphatic carbocycles. The van der Waals surface area contributed by atoms with E-state index in [2.05, 4.69) is 56.5 Å². The van der Waals surface area contributed by atoms with E-state index in [0.717, 1.165) is 80.1 Å². The molecular formula is C36H43ClFN7O. The summed E-state index contributed by atoms with van der Waals surface area (Å²) < 4.78 is 16.7. The number of benzene rings is 2. The van der Waals surface area contributed by atoms with Crippen LogP contribution < -0.4 is 16.3 Å². The van der Waals surface area contributed by atoms with Crippen LogP contribution in [-0.4, -0.2) is 37.1 Å². The average molecular weight is 644 g/mol. The Hall–Kier alpha value is -3.95. The number of nitrogens with one attached hydrogen (secondary N) is 4. The molecule has 0 bridgehead atoms. The van der Waals surface area contributed by atoms with Crippen molar-refractivity contribution < 1.29 is 4.39 Å². The van der Waals surface area contributed by atoms with Crippen molar-refractivity contribution in [2.24, 2.45) is 5.92 Å². The smallest absolute Gasteiger partial charge is 0.354 e. The summed E-state index contributed by atoms with van der Waals surface area (Å²) in [7, 11) is 0. The largest absolute Gasteiger partial charge is 0.356 e. The highest BCUT2D eigenvalue weighted by atomic mass is 35.5. The number of hydrogen-bond donors (Lipinski definition) is 4. The van der Waals surface area contributed by atoms with Crippen LogP contribution in [0.1, 0.15) is 80.9 Å². The van der Waals surface area contributed by atoms with E-state index in [-0.39, 0.29) is 11.1 Å². The highest BCUT2D eigenvalue weighted by Gasteiger charge is 2.22. The van der Waals surface area contributed by atoms with Crippen LogP contribution in [0.3, 0.4) is 0 Å². The summed E-state index contributed by atoms with van der Waals surface area (Å²) in [4.78, 5) is 28.3. The molecule has 4 heterocycles. The molecule has 46 heavy (non-hydrogen) atoms. The zero-order valence-electron chi connectivity index (χ0n) is 27.0. The maximum absolute atomic E-state index is 15.2. The molecule has 2 aromatic carbocycles. The van der Waals surface area contributed by atoms with Gasteiger partial charge in [0, 0.05) is 41.5 Å². The van der Waals surface area contributed by atoms with Gasteiger partial charge < -0.3 is 20.6 Å². The number of rotatable bonds is 11. The lowest BCUT2D eigenvalue weighted by Gasteiger charge is -2.31. The minimum Gasteiger partial charge on any atom is -0.356 e. The topological polar surface area (TPSA) is 103 Å². The number of halogens is 2. The Labute approximate surface area is 274 Å². The summed E-state index contributed by atoms with van der Waals surface area (Å²) in [6.45, 7) is 9.27. The number of imidazole rings is 1. The van der Waals surface area contributed by atoms with Crippen LogP contribution in [0.25, 0.3) is 28.0 Å². The first-order valence-electron chi connectivity index (χ1n) is 16.4. The fraction of sp³-hybridized carbons (Fsp3) is 0.417. The van der Waals surface area contributed by atoms with Crippen molar-refractivity contribution in [2.45, 2.75) is 84.7 Å². The van der Waals surface area contributed by atoms with Crippen molar-refractivity contribution >= 4 is 28.6 Å². The number of nitrogens with zero attached hydrogens (tertiary/aromatic N) is 3. The zero-order valence-corrected chi connectivity index (χ0v) is 27.8. The monoisotopic (exact) mass is 643 g/mol. The fourth-order valence-corrected chi connectivity index (χ4v) is 6.64. The van der Waals surface area contributed by atoms with Gasteiger partial charge in [0.05, 0.1) is 22.1 Å². The summed E-state index contributed by atoms with van der Waals surface area (Å²) in [5.41, 5.74) is 5.97. The van der Waals surface area contributed by atoms with E-state index >= 15 is 4.39 Å². The lowest BCUT2D eigenvalue weighted by atomic mass is 9.92. The van der Waals surface area contributed by atoms with Gasteiger partial charge in [0.15, 0.2) is 5.82 Å². The molecule has 2 atom stereocenters. The van der Waals surface area contributed by atoms with Crippen molar-refractivity contribution in [3.05, 3.63) is 92.5 Å². The molecule has 1 aliphatic heterocycles. The number of aryl methyl sites for hydroxylation is 3. The average Bonchev–Trinajstić information content (AvgIpc) is 3.59. The molecule has 0 amide bonds. The predicted molar refractivity (Wildman–Crippen MR) is 185 cm³/mol. The Morgan fingerprint density at radius 3 is 2.63 bits per heavy atom. The van der Waals surface area contributed by atoms with Crippen LogP contribution in [-0.2, 0) is 6.42 Å². The lowest BCUT2D eigenvalue weighted by molar-refractivity contribution is 0.316. The Morgan fingerprint density at radius 2 is 1.89 bits per heavy atom. The van der Waals surface area contributed by atoms with Crippen LogP contribution in [0.15, 0.2) is 53.5 Å². The van der Waals surface area contributed by atoms with E-state index < -0.39 is 11.5 Å². The normalized spacial score (nSPS) is 16.8. The Bertz CT molecular complexity index is 1850. The van der Waals surface area contributed by atoms with Gasteiger partial charge in [-0.2, -0.15) is 4.98 Å². The molecule has 5 aromatic rings. The maximum atomic E-state index is 15.2. The highest BCUT2D eigenvalue weighted by Crippen LogP contribution is 2.32. The van der Waals surface area contributed by atoms with Gasteiger partial charge in [0.25, 0.3) is 0 Å². The van der Waals surface area contributed by atoms with Crippen LogP contribution in [0.5, 0.6) is 0 Å². The predicted octanol–water partition coefficient (Wildman–Crippen LogP) is 8.18. The third-order valence-electron chi connectivity index (χ3n) is 9.10. The van der Waals surface area contributed by atoms with E-state index in [1.165, 1.54) is 10.1 Å². The van der Waals surface area contributed by atoms with Crippen molar-refractivity contribution in [1.82, 2.24) is 29.8 Å². The third-order valence-corrected chi connectivity index (χ3v) is 9.38. The van der Waals surface area contributed by atoms with E-state index in [1.807, 2.05) is 38.1 Å². The van der Waals surface area contributed by atoms with Crippen LogP contribution in [0.2, 0.25) is 5.02 Å². The maximum Gasteiger partial charge on any atom is 0.354 e. The van der Waals surface area contributed by atoms with Crippen molar-refractivity contribution in [3.8, 4) is 16.9 Å². The summed E-state index contributed by atoms with van der Waals surface area (Å²) in [5, 5.41) is 8.04. The molecule has 242 valence electrons. The number of fused-ring (bicyclic) bond motifs is 1. The number of aromatic amines is 2. The number of hydrogen-bond acceptors (Lipinski definition) is 5. The van der Waals surface area contributed by atoms with Gasteiger partial charge in [-0.05, 0) is 93.3 Å². The molecule has 6 rings (SSSR count). The number of piperidine rings is 1. The highest BCUT2D eigenvalue weighted by molar-refractivity contribution is 6.31. The first-order chi connectivity index (χ1) is 22.1. The minimum atomic E-state index is -0.482. The van der Waals surface area contributed by atoms with E-state index in [4.69, 9.17) is 11.6 Å². The first kappa shape index (κ1) is 32.0. The molecule has 3 aromatic heterocycles. The summed E-state index contributed by atoms with van der Waals surface area (Å²) in [6.07, 6.45) is 9.06. The molecule has 1 saturated heterocycles. The van der Waals surface area contributed by atoms with Crippen molar-refractivity contribution in [3.63, 3.8) is 0 Å². The molecule has 0 unspecified atom stereocenters. The lowest BCUT2D eigenvalue weighted by Crippen LogP contribution is -2.38. The molecule has 10 heteroatoms. The molecule has 0 spiro atoms. The Morgan fingerprint density at radius 1 is 1.09 bits per heavy atom. The zero-order chi connectivity index (χ0) is 32.4. The van der Waals surface area contributed by atoms with Gasteiger partial charge >= 0.3 is 5.69 Å². The standard InChI is InChI=1S/C36H43ClFN7O/c1-21(2)7-5-8-24-17-29(33(38)30(37)18-24)32-19-26-20-45(36(46)44-34(26)43-32)28-13-11-25(12-14-28)31-10-6-9-27(42-31)15-16-39-35-40-22(3)23(4)41-35/h11-14,17-21,27,31,42H,5-10,15-16H2,1-4H3,(H2,39,40,41)(H,43,44,46)/t27-,31-/m0/s1. The van der Waals surface area contributed by atoms with E-state index in [1.54, 1.807) is 12.3 Å². The third kappa shape index (κ3) is 7.21. The van der Waals surface area contributed by atoms with Crippen molar-refractivity contribution in [2.75, 3.05) is 11.9 Å². The quantitative estimate of drug-likeness (QED) is 0.116. The molecular weight excluding hydrogens is 601 g/mol. The molecule has 0 radical (unpaired) electrons.